The molecule has 1 aromatic rings. The van der Waals surface area contributed by atoms with E-state index in [1.54, 1.807) is 4.90 Å². The number of hydrogen-bond donors (Lipinski definition) is 0. The van der Waals surface area contributed by atoms with Gasteiger partial charge in [-0.25, -0.2) is 0 Å². The Kier molecular flexibility index (Phi) is 4.14. The third-order valence-electron chi connectivity index (χ3n) is 5.59. The molecule has 0 saturated carbocycles. The van der Waals surface area contributed by atoms with Crippen molar-refractivity contribution in [3.63, 3.8) is 0 Å². The summed E-state index contributed by atoms with van der Waals surface area (Å²) in [5, 5.41) is 0. The number of aryl methyl sites for hydroxylation is 1. The summed E-state index contributed by atoms with van der Waals surface area (Å²) in [6.07, 6.45) is 4.48. The van der Waals surface area contributed by atoms with Gasteiger partial charge in [-0.05, 0) is 30.0 Å². The third kappa shape index (κ3) is 2.57. The zero-order valence-electron chi connectivity index (χ0n) is 15.5. The van der Waals surface area contributed by atoms with Crippen LogP contribution in [0.25, 0.3) is 0 Å². The maximum atomic E-state index is 13.2. The lowest BCUT2D eigenvalue weighted by atomic mass is 9.77. The van der Waals surface area contributed by atoms with E-state index in [4.69, 9.17) is 9.47 Å². The number of hydrogen-bond acceptors (Lipinski definition) is 4. The minimum Gasteiger partial charge on any atom is -0.465 e. The zero-order chi connectivity index (χ0) is 18.5. The van der Waals surface area contributed by atoms with Gasteiger partial charge in [-0.15, -0.1) is 0 Å². The molecule has 1 amide bonds. The Bertz CT molecular complexity index is 754. The molecule has 0 aliphatic carbocycles. The van der Waals surface area contributed by atoms with Gasteiger partial charge in [0.1, 0.15) is 11.5 Å². The van der Waals surface area contributed by atoms with Crippen molar-refractivity contribution in [2.45, 2.75) is 38.9 Å². The molecule has 0 radical (unpaired) electrons. The second-order valence-electron chi connectivity index (χ2n) is 7.87. The third-order valence-corrected chi connectivity index (χ3v) is 5.59. The van der Waals surface area contributed by atoms with Crippen molar-refractivity contribution in [2.24, 2.45) is 17.8 Å². The van der Waals surface area contributed by atoms with E-state index in [-0.39, 0.29) is 23.9 Å². The van der Waals surface area contributed by atoms with Crippen molar-refractivity contribution < 1.29 is 19.1 Å². The highest BCUT2D eigenvalue weighted by Crippen LogP contribution is 2.52. The number of carbonyl (C=O) groups is 2. The van der Waals surface area contributed by atoms with E-state index in [2.05, 4.69) is 6.92 Å². The van der Waals surface area contributed by atoms with Crippen LogP contribution in [-0.4, -0.2) is 36.7 Å². The van der Waals surface area contributed by atoms with Crippen LogP contribution in [0.15, 0.2) is 36.4 Å². The van der Waals surface area contributed by atoms with Gasteiger partial charge < -0.3 is 14.4 Å². The van der Waals surface area contributed by atoms with Gasteiger partial charge in [-0.2, -0.15) is 0 Å². The van der Waals surface area contributed by atoms with Gasteiger partial charge >= 0.3 is 5.97 Å². The predicted octanol–water partition coefficient (Wildman–Crippen LogP) is 2.73. The molecule has 5 heteroatoms. The first-order valence-electron chi connectivity index (χ1n) is 9.39. The highest BCUT2D eigenvalue weighted by Gasteiger charge is 2.67. The molecule has 0 N–H and O–H groups in total. The largest absolute Gasteiger partial charge is 0.465 e. The lowest BCUT2D eigenvalue weighted by molar-refractivity contribution is -0.153. The van der Waals surface area contributed by atoms with Crippen LogP contribution in [0, 0.1) is 17.8 Å². The minimum atomic E-state index is -0.702. The summed E-state index contributed by atoms with van der Waals surface area (Å²) in [6, 6.07) is 8.02. The smallest absolute Gasteiger partial charge is 0.312 e. The SMILES string of the molecule is CCc1ccc(N2C[C@@]34C=C[C@H](O3)[C@@H](C(=O)OCC(C)C)[C@H]4C2=O)cc1. The van der Waals surface area contributed by atoms with Gasteiger partial charge in [0.2, 0.25) is 5.91 Å². The van der Waals surface area contributed by atoms with Crippen molar-refractivity contribution in [3.8, 4) is 0 Å². The van der Waals surface area contributed by atoms with Crippen molar-refractivity contribution in [1.82, 2.24) is 0 Å². The second-order valence-corrected chi connectivity index (χ2v) is 7.87. The first kappa shape index (κ1) is 17.3. The van der Waals surface area contributed by atoms with E-state index in [1.807, 2.05) is 50.3 Å². The summed E-state index contributed by atoms with van der Waals surface area (Å²) < 4.78 is 11.6. The van der Waals surface area contributed by atoms with E-state index >= 15 is 0 Å². The molecule has 26 heavy (non-hydrogen) atoms. The molecule has 138 valence electrons. The van der Waals surface area contributed by atoms with Gasteiger partial charge in [0, 0.05) is 5.69 Å². The van der Waals surface area contributed by atoms with Crippen molar-refractivity contribution >= 4 is 17.6 Å². The Morgan fingerprint density at radius 3 is 2.73 bits per heavy atom. The predicted molar refractivity (Wildman–Crippen MR) is 97.7 cm³/mol. The number of benzene rings is 1. The van der Waals surface area contributed by atoms with Gasteiger partial charge in [-0.3, -0.25) is 9.59 Å². The Hall–Kier alpha value is -2.14. The summed E-state index contributed by atoms with van der Waals surface area (Å²) in [6.45, 7) is 6.90. The molecule has 2 bridgehead atoms. The maximum Gasteiger partial charge on any atom is 0.312 e. The molecule has 3 aliphatic rings. The molecule has 1 spiro atoms. The Balaban J connectivity index is 1.59. The molecule has 0 unspecified atom stereocenters. The minimum absolute atomic E-state index is 0.0485. The zero-order valence-corrected chi connectivity index (χ0v) is 15.5. The number of ether oxygens (including phenoxy) is 2. The number of rotatable bonds is 5. The van der Waals surface area contributed by atoms with Crippen LogP contribution < -0.4 is 4.90 Å². The standard InChI is InChI=1S/C21H25NO4/c1-4-14-5-7-15(8-6-14)22-12-21-10-9-16(26-21)17(18(21)19(22)23)20(24)25-11-13(2)3/h5-10,13,16-18H,4,11-12H2,1-3H3/t16-,17+,18-,21+/m0/s1. The van der Waals surface area contributed by atoms with Crippen LogP contribution >= 0.6 is 0 Å². The van der Waals surface area contributed by atoms with Crippen molar-refractivity contribution in [2.75, 3.05) is 18.1 Å². The average molecular weight is 355 g/mol. The highest BCUT2D eigenvalue weighted by molar-refractivity contribution is 6.02. The van der Waals surface area contributed by atoms with E-state index < -0.39 is 17.4 Å². The van der Waals surface area contributed by atoms with Crippen LogP contribution in [-0.2, 0) is 25.5 Å². The van der Waals surface area contributed by atoms with Crippen LogP contribution in [0.5, 0.6) is 0 Å². The molecule has 5 nitrogen and oxygen atoms in total. The monoisotopic (exact) mass is 355 g/mol. The molecule has 1 aromatic carbocycles. The molecule has 3 aliphatic heterocycles. The molecule has 4 atom stereocenters. The molecule has 0 aromatic heterocycles. The number of amides is 1. The summed E-state index contributed by atoms with van der Waals surface area (Å²) >= 11 is 0. The van der Waals surface area contributed by atoms with Gasteiger partial charge in [0.05, 0.1) is 25.2 Å². The van der Waals surface area contributed by atoms with E-state index in [9.17, 15) is 9.59 Å². The fourth-order valence-electron chi connectivity index (χ4n) is 4.24. The average Bonchev–Trinajstić information content (AvgIpc) is 3.28. The number of anilines is 1. The Morgan fingerprint density at radius 2 is 2.08 bits per heavy atom. The first-order chi connectivity index (χ1) is 12.4. The molecular formula is C21H25NO4. The number of fused-ring (bicyclic) bond motifs is 1. The van der Waals surface area contributed by atoms with Gasteiger partial charge in [-0.1, -0.05) is 45.1 Å². The maximum absolute atomic E-state index is 13.2. The summed E-state index contributed by atoms with van der Waals surface area (Å²) in [4.78, 5) is 27.6. The lowest BCUT2D eigenvalue weighted by Crippen LogP contribution is -2.40. The normalized spacial score (nSPS) is 31.8. The molecular weight excluding hydrogens is 330 g/mol. The van der Waals surface area contributed by atoms with Crippen LogP contribution in [0.2, 0.25) is 0 Å². The summed E-state index contributed by atoms with van der Waals surface area (Å²) in [7, 11) is 0. The number of esters is 1. The van der Waals surface area contributed by atoms with E-state index in [0.29, 0.717) is 13.2 Å². The fourth-order valence-corrected chi connectivity index (χ4v) is 4.24. The molecule has 2 saturated heterocycles. The summed E-state index contributed by atoms with van der Waals surface area (Å²) in [5.74, 6) is -1.16. The van der Waals surface area contributed by atoms with Crippen molar-refractivity contribution in [1.29, 1.82) is 0 Å². The van der Waals surface area contributed by atoms with E-state index in [1.165, 1.54) is 5.56 Å². The van der Waals surface area contributed by atoms with Crippen LogP contribution in [0.3, 0.4) is 0 Å². The number of carbonyl (C=O) groups excluding carboxylic acids is 2. The van der Waals surface area contributed by atoms with Crippen LogP contribution in [0.4, 0.5) is 5.69 Å². The van der Waals surface area contributed by atoms with E-state index in [0.717, 1.165) is 12.1 Å². The fraction of sp³-hybridized carbons (Fsp3) is 0.524. The molecule has 4 rings (SSSR count). The lowest BCUT2D eigenvalue weighted by Gasteiger charge is -2.23. The second kappa shape index (κ2) is 6.23. The van der Waals surface area contributed by atoms with Gasteiger partial charge in [0.25, 0.3) is 0 Å². The summed E-state index contributed by atoms with van der Waals surface area (Å²) in [5.41, 5.74) is 1.38. The molecule has 2 fully saturated rings. The first-order valence-corrected chi connectivity index (χ1v) is 9.39. The molecule has 3 heterocycles. The van der Waals surface area contributed by atoms with Crippen molar-refractivity contribution in [3.05, 3.63) is 42.0 Å². The van der Waals surface area contributed by atoms with Crippen LogP contribution in [0.1, 0.15) is 26.3 Å². The number of nitrogens with zero attached hydrogens (tertiary/aromatic N) is 1. The Morgan fingerprint density at radius 1 is 1.35 bits per heavy atom. The highest BCUT2D eigenvalue weighted by atomic mass is 16.6. The van der Waals surface area contributed by atoms with Gasteiger partial charge in [0.15, 0.2) is 0 Å². The topological polar surface area (TPSA) is 55.8 Å². The Labute approximate surface area is 154 Å². The quantitative estimate of drug-likeness (QED) is 0.602.